The number of amides is 2. The number of aryl methyl sites for hydroxylation is 1. The van der Waals surface area contributed by atoms with Crippen LogP contribution in [0.15, 0.2) is 103 Å². The Bertz CT molecular complexity index is 2320. The summed E-state index contributed by atoms with van der Waals surface area (Å²) < 4.78 is 68.9. The van der Waals surface area contributed by atoms with Crippen LogP contribution in [0.2, 0.25) is 10.0 Å². The molecule has 1 saturated carbocycles. The lowest BCUT2D eigenvalue weighted by Gasteiger charge is -2.52. The molecule has 342 valence electrons. The number of anilines is 1. The normalized spacial score (nSPS) is 14.8. The van der Waals surface area contributed by atoms with Gasteiger partial charge in [-0.15, -0.1) is 28.2 Å². The number of aliphatic carboxylic acids is 1. The molecular formula is C44H43Cl4F5N6O5. The summed E-state index contributed by atoms with van der Waals surface area (Å²) in [5, 5.41) is 10.4. The van der Waals surface area contributed by atoms with Crippen LogP contribution in [0.4, 0.5) is 33.6 Å². The maximum Gasteiger partial charge on any atom is 0.416 e. The predicted molar refractivity (Wildman–Crippen MR) is 237 cm³/mol. The summed E-state index contributed by atoms with van der Waals surface area (Å²) in [5.41, 5.74) is 6.92. The van der Waals surface area contributed by atoms with E-state index in [1.807, 2.05) is 61.5 Å². The third-order valence-electron chi connectivity index (χ3n) is 8.84. The minimum atomic E-state index is -4.26. The second-order valence-electron chi connectivity index (χ2n) is 13.4. The van der Waals surface area contributed by atoms with Crippen LogP contribution >= 0.6 is 46.4 Å². The minimum absolute atomic E-state index is 0. The summed E-state index contributed by atoms with van der Waals surface area (Å²) in [6.45, 7) is 9.20. The van der Waals surface area contributed by atoms with Gasteiger partial charge in [0.25, 0.3) is 5.91 Å². The molecule has 11 nitrogen and oxygen atoms in total. The molecule has 0 saturated heterocycles. The van der Waals surface area contributed by atoms with Crippen molar-refractivity contribution in [1.29, 1.82) is 0 Å². The monoisotopic (exact) mass is 970 g/mol. The summed E-state index contributed by atoms with van der Waals surface area (Å²) in [5.74, 6) is -4.50. The lowest BCUT2D eigenvalue weighted by atomic mass is 9.71. The molecule has 20 heteroatoms. The zero-order valence-electron chi connectivity index (χ0n) is 33.2. The molecule has 2 amide bonds. The van der Waals surface area contributed by atoms with Crippen LogP contribution in [0, 0.1) is 25.1 Å². The van der Waals surface area contributed by atoms with E-state index in [1.165, 1.54) is 29.4 Å². The molecule has 1 aliphatic rings. The van der Waals surface area contributed by atoms with Crippen molar-refractivity contribution >= 4 is 75.8 Å². The number of carboxylic acids is 1. The van der Waals surface area contributed by atoms with Gasteiger partial charge in [0.05, 0.1) is 28.3 Å². The fourth-order valence-corrected chi connectivity index (χ4v) is 6.04. The Morgan fingerprint density at radius 2 is 1.44 bits per heavy atom. The first-order valence-electron chi connectivity index (χ1n) is 18.4. The molecule has 6 rings (SSSR count). The van der Waals surface area contributed by atoms with Crippen LogP contribution in [0.3, 0.4) is 0 Å². The van der Waals surface area contributed by atoms with Crippen molar-refractivity contribution in [1.82, 2.24) is 14.9 Å². The topological polar surface area (TPSA) is 152 Å². The van der Waals surface area contributed by atoms with Gasteiger partial charge >= 0.3 is 18.0 Å². The number of alkyl halides is 5. The maximum absolute atomic E-state index is 14.4. The predicted octanol–water partition coefficient (Wildman–Crippen LogP) is 11.0. The average molecular weight is 973 g/mol. The fraction of sp³-hybridized carbons (Fsp3) is 0.273. The van der Waals surface area contributed by atoms with Gasteiger partial charge in [-0.2, -0.15) is 13.2 Å². The van der Waals surface area contributed by atoms with Gasteiger partial charge in [0, 0.05) is 32.1 Å². The quantitative estimate of drug-likeness (QED) is 0.0672. The Morgan fingerprint density at radius 1 is 0.891 bits per heavy atom. The Hall–Kier alpha value is -5.41. The van der Waals surface area contributed by atoms with Crippen LogP contribution in [-0.4, -0.2) is 61.2 Å². The molecule has 0 unspecified atom stereocenters. The number of ether oxygens (including phenoxy) is 1. The number of nitrogens with zero attached hydrogens (tertiary/aromatic N) is 4. The fourth-order valence-electron chi connectivity index (χ4n) is 5.60. The second-order valence-corrected chi connectivity index (χ2v) is 14.8. The molecule has 2 aromatic heterocycles. The second kappa shape index (κ2) is 26.4. The first-order chi connectivity index (χ1) is 29.8. The summed E-state index contributed by atoms with van der Waals surface area (Å²) in [6.07, 6.45) is -1.59. The van der Waals surface area contributed by atoms with E-state index in [1.54, 1.807) is 0 Å². The number of rotatable bonds is 11. The average Bonchev–Trinajstić information content (AvgIpc) is 3.25. The van der Waals surface area contributed by atoms with Crippen molar-refractivity contribution in [2.75, 3.05) is 17.1 Å². The largest absolute Gasteiger partial charge is 0.480 e. The molecule has 1 fully saturated rings. The zero-order chi connectivity index (χ0) is 46.7. The number of nitrogens with one attached hydrogen (secondary N) is 1. The molecular weight excluding hydrogens is 929 g/mol. The Kier molecular flexibility index (Phi) is 22.6. The number of pyridine rings is 2. The van der Waals surface area contributed by atoms with E-state index < -0.39 is 46.7 Å². The molecule has 0 aliphatic heterocycles. The maximum atomic E-state index is 14.4. The van der Waals surface area contributed by atoms with E-state index in [-0.39, 0.29) is 72.9 Å². The number of halogens is 9. The molecule has 0 spiro atoms. The van der Waals surface area contributed by atoms with Crippen LogP contribution < -0.4 is 11.1 Å². The number of carbonyl (C=O) groups is 3. The number of hydrogen-bond acceptors (Lipinski definition) is 7. The number of carboxylic acid groups (broad SMARTS) is 1. The highest BCUT2D eigenvalue weighted by Gasteiger charge is 2.56. The molecule has 0 bridgehead atoms. The van der Waals surface area contributed by atoms with Crippen LogP contribution in [0.1, 0.15) is 48.1 Å². The minimum Gasteiger partial charge on any atom is -0.480 e. The van der Waals surface area contributed by atoms with E-state index in [0.29, 0.717) is 12.2 Å². The van der Waals surface area contributed by atoms with Gasteiger partial charge in [0.2, 0.25) is 5.91 Å². The van der Waals surface area contributed by atoms with Crippen LogP contribution in [0.5, 0.6) is 0 Å². The van der Waals surface area contributed by atoms with Crippen molar-refractivity contribution in [3.63, 3.8) is 0 Å². The van der Waals surface area contributed by atoms with Crippen molar-refractivity contribution in [2.45, 2.75) is 64.7 Å². The van der Waals surface area contributed by atoms with E-state index in [0.717, 1.165) is 41.0 Å². The summed E-state index contributed by atoms with van der Waals surface area (Å²) in [4.78, 5) is 47.5. The number of carbonyl (C=O) groups excluding carboxylic acids is 2. The summed E-state index contributed by atoms with van der Waals surface area (Å²) >= 11 is 21.9. The van der Waals surface area contributed by atoms with E-state index in [2.05, 4.69) is 20.1 Å². The van der Waals surface area contributed by atoms with E-state index in [4.69, 9.17) is 68.6 Å². The van der Waals surface area contributed by atoms with Crippen molar-refractivity contribution < 1.29 is 46.2 Å². The molecule has 1 aliphatic carbocycles. The third kappa shape index (κ3) is 16.9. The number of hydrogen-bond donors (Lipinski definition) is 3. The van der Waals surface area contributed by atoms with Gasteiger partial charge < -0.3 is 30.6 Å². The van der Waals surface area contributed by atoms with Crippen LogP contribution in [0.25, 0.3) is 4.85 Å². The summed E-state index contributed by atoms with van der Waals surface area (Å²) in [7, 11) is 0. The van der Waals surface area contributed by atoms with Crippen molar-refractivity contribution in [3.8, 4) is 0 Å². The van der Waals surface area contributed by atoms with Crippen LogP contribution in [-0.2, 0) is 45.0 Å². The highest BCUT2D eigenvalue weighted by atomic mass is 35.5. The molecule has 0 atom stereocenters. The highest BCUT2D eigenvalue weighted by molar-refractivity contribution is 6.30. The number of benzene rings is 3. The molecule has 3 aromatic carbocycles. The van der Waals surface area contributed by atoms with Gasteiger partial charge in [-0.05, 0) is 47.9 Å². The SMILES string of the molecule is C.Cc1ccc(CN(C(=O)CCl)C2(C(=O)Nc3ncc(Cl)cc3F)CC(OCc3ccccc3)C2)cc1.NCc1ccc(C(F)(F)F)cc1.O=C(O)CCl.[C-]#[N+]c1ncc(Cl)cc1F. The van der Waals surface area contributed by atoms with Gasteiger partial charge in [0.15, 0.2) is 17.5 Å². The molecule has 5 aromatic rings. The van der Waals surface area contributed by atoms with E-state index in [9.17, 15) is 36.3 Å². The zero-order valence-corrected chi connectivity index (χ0v) is 36.2. The molecule has 4 N–H and O–H groups in total. The van der Waals surface area contributed by atoms with Crippen molar-refractivity contribution in [2.24, 2.45) is 5.73 Å². The van der Waals surface area contributed by atoms with Gasteiger partial charge in [-0.1, -0.05) is 109 Å². The lowest BCUT2D eigenvalue weighted by molar-refractivity contribution is -0.165. The Balaban J connectivity index is 0.000000407. The Labute approximate surface area is 387 Å². The van der Waals surface area contributed by atoms with Gasteiger partial charge in [0.1, 0.15) is 23.5 Å². The Morgan fingerprint density at radius 3 is 1.92 bits per heavy atom. The number of aromatic nitrogens is 2. The molecule has 2 heterocycles. The smallest absolute Gasteiger partial charge is 0.416 e. The standard InChI is InChI=1S/C27H26Cl2FN3O3.C8H8F3N.C6H2ClFN2.C2H3ClO2.CH4/c1-18-7-9-19(10-8-18)16-33(24(34)14-28)27(26(35)32-25-23(30)11-21(29)15-31-25)12-22(13-27)36-17-20-5-3-2-4-6-20;9-8(10,11)7-3-1-6(5-12)2-4-7;1-9-6-5(8)2-4(7)3-10-6;3-1-2(4)5;/h2-11,15,22H,12-14,16-17H2,1H3,(H,31,32,35);1-4H,5,12H2;2-3H;1H2,(H,4,5);1H4. The molecule has 0 radical (unpaired) electrons. The van der Waals surface area contributed by atoms with Gasteiger partial charge in [-0.25, -0.2) is 13.8 Å². The first kappa shape index (κ1) is 54.7. The third-order valence-corrected chi connectivity index (χ3v) is 9.71. The van der Waals surface area contributed by atoms with E-state index >= 15 is 0 Å². The molecule has 64 heavy (non-hydrogen) atoms. The lowest BCUT2D eigenvalue weighted by Crippen LogP contribution is -2.67. The highest BCUT2D eigenvalue weighted by Crippen LogP contribution is 2.42. The van der Waals surface area contributed by atoms with Crippen molar-refractivity contribution in [3.05, 3.63) is 164 Å². The van der Waals surface area contributed by atoms with Gasteiger partial charge in [-0.3, -0.25) is 14.4 Å². The first-order valence-corrected chi connectivity index (χ1v) is 20.2. The summed E-state index contributed by atoms with van der Waals surface area (Å²) in [6, 6.07) is 24.3. The number of nitrogens with two attached hydrogens (primary N) is 1.